The fraction of sp³-hybridized carbons (Fsp3) is 0.227. The molecule has 2 aromatic carbocycles. The van der Waals surface area contributed by atoms with Crippen LogP contribution in [0.3, 0.4) is 0 Å². The van der Waals surface area contributed by atoms with Crippen LogP contribution in [0.4, 0.5) is 11.5 Å². The van der Waals surface area contributed by atoms with E-state index < -0.39 is 5.97 Å². The predicted octanol–water partition coefficient (Wildman–Crippen LogP) is 3.02. The average Bonchev–Trinajstić information content (AvgIpc) is 2.74. The van der Waals surface area contributed by atoms with E-state index in [1.165, 1.54) is 0 Å². The van der Waals surface area contributed by atoms with E-state index in [2.05, 4.69) is 15.1 Å². The van der Waals surface area contributed by atoms with E-state index in [0.717, 1.165) is 16.8 Å². The normalized spacial score (nSPS) is 16.4. The van der Waals surface area contributed by atoms with Crippen molar-refractivity contribution in [3.8, 4) is 17.0 Å². The van der Waals surface area contributed by atoms with Gasteiger partial charge in [-0.2, -0.15) is 0 Å². The maximum absolute atomic E-state index is 11.2. The van der Waals surface area contributed by atoms with Crippen molar-refractivity contribution >= 4 is 17.5 Å². The van der Waals surface area contributed by atoms with Crippen LogP contribution >= 0.6 is 0 Å². The minimum atomic E-state index is -0.955. The first-order chi connectivity index (χ1) is 14.4. The van der Waals surface area contributed by atoms with E-state index in [1.54, 1.807) is 36.4 Å². The first-order valence-corrected chi connectivity index (χ1v) is 9.56. The summed E-state index contributed by atoms with van der Waals surface area (Å²) in [6.07, 6.45) is -0.234. The average molecular weight is 406 g/mol. The number of rotatable bonds is 4. The number of phenolic OH excluding ortho intramolecular Hbond substituents is 1. The molecule has 0 bridgehead atoms. The maximum atomic E-state index is 11.2. The number of hydrogen-bond acceptors (Lipinski definition) is 7. The lowest BCUT2D eigenvalue weighted by atomic mass is 9.99. The van der Waals surface area contributed by atoms with Crippen LogP contribution in [-0.2, 0) is 4.74 Å². The Labute approximate surface area is 173 Å². The minimum absolute atomic E-state index is 0.122. The number of morpholine rings is 1. The molecule has 30 heavy (non-hydrogen) atoms. The number of aryl methyl sites for hydroxylation is 1. The number of ether oxygens (including phenoxy) is 1. The highest BCUT2D eigenvalue weighted by Crippen LogP contribution is 2.34. The number of nitrogens with zero attached hydrogens (tertiary/aromatic N) is 3. The molecule has 0 aliphatic carbocycles. The molecular formula is C22H22N4O4. The van der Waals surface area contributed by atoms with E-state index in [4.69, 9.17) is 10.5 Å². The summed E-state index contributed by atoms with van der Waals surface area (Å²) in [5, 5.41) is 27.6. The number of benzene rings is 2. The Balaban J connectivity index is 1.63. The molecule has 1 fully saturated rings. The van der Waals surface area contributed by atoms with Gasteiger partial charge < -0.3 is 25.6 Å². The van der Waals surface area contributed by atoms with Gasteiger partial charge in [0.15, 0.2) is 5.82 Å². The molecule has 2 heterocycles. The monoisotopic (exact) mass is 406 g/mol. The van der Waals surface area contributed by atoms with E-state index in [9.17, 15) is 15.0 Å². The molecule has 3 aromatic rings. The quantitative estimate of drug-likeness (QED) is 0.604. The molecule has 1 aromatic heterocycles. The Hall–Kier alpha value is -3.65. The number of carboxylic acid groups (broad SMARTS) is 1. The summed E-state index contributed by atoms with van der Waals surface area (Å²) in [7, 11) is 0. The van der Waals surface area contributed by atoms with Gasteiger partial charge in [0.2, 0.25) is 0 Å². The summed E-state index contributed by atoms with van der Waals surface area (Å²) in [4.78, 5) is 13.3. The van der Waals surface area contributed by atoms with Gasteiger partial charge in [0.25, 0.3) is 0 Å². The van der Waals surface area contributed by atoms with Crippen molar-refractivity contribution in [3.63, 3.8) is 0 Å². The summed E-state index contributed by atoms with van der Waals surface area (Å²) in [6.45, 7) is 3.52. The second-order valence-electron chi connectivity index (χ2n) is 7.20. The van der Waals surface area contributed by atoms with Gasteiger partial charge in [0.05, 0.1) is 23.6 Å². The Kier molecular flexibility index (Phi) is 5.24. The van der Waals surface area contributed by atoms with Crippen molar-refractivity contribution in [1.82, 2.24) is 10.2 Å². The van der Waals surface area contributed by atoms with Gasteiger partial charge in [-0.1, -0.05) is 18.2 Å². The van der Waals surface area contributed by atoms with Crippen LogP contribution in [0.1, 0.15) is 27.6 Å². The number of anilines is 2. The molecule has 1 aliphatic heterocycles. The second kappa shape index (κ2) is 8.00. The van der Waals surface area contributed by atoms with Crippen LogP contribution in [-0.4, -0.2) is 46.1 Å². The van der Waals surface area contributed by atoms with Gasteiger partial charge in [-0.15, -0.1) is 10.2 Å². The third kappa shape index (κ3) is 3.77. The molecule has 0 radical (unpaired) electrons. The zero-order valence-corrected chi connectivity index (χ0v) is 16.4. The number of carbonyl (C=O) groups is 1. The van der Waals surface area contributed by atoms with E-state index in [-0.39, 0.29) is 17.4 Å². The van der Waals surface area contributed by atoms with Crippen molar-refractivity contribution in [2.24, 2.45) is 0 Å². The van der Waals surface area contributed by atoms with Crippen LogP contribution in [0.25, 0.3) is 11.3 Å². The smallest absolute Gasteiger partial charge is 0.335 e. The lowest BCUT2D eigenvalue weighted by molar-refractivity contribution is 0.0394. The van der Waals surface area contributed by atoms with Crippen molar-refractivity contribution in [3.05, 3.63) is 65.2 Å². The van der Waals surface area contributed by atoms with Crippen LogP contribution in [0, 0.1) is 6.92 Å². The van der Waals surface area contributed by atoms with Crippen LogP contribution < -0.4 is 10.6 Å². The largest absolute Gasteiger partial charge is 0.507 e. The summed E-state index contributed by atoms with van der Waals surface area (Å²) in [5.41, 5.74) is 9.99. The summed E-state index contributed by atoms with van der Waals surface area (Å²) in [6, 6.07) is 13.8. The van der Waals surface area contributed by atoms with E-state index in [0.29, 0.717) is 36.8 Å². The van der Waals surface area contributed by atoms with Crippen molar-refractivity contribution in [2.45, 2.75) is 13.0 Å². The number of aromatic carboxylic acids is 1. The number of nitrogens with two attached hydrogens (primary N) is 1. The summed E-state index contributed by atoms with van der Waals surface area (Å²) >= 11 is 0. The number of aromatic hydroxyl groups is 1. The lowest BCUT2D eigenvalue weighted by Crippen LogP contribution is -2.39. The van der Waals surface area contributed by atoms with E-state index >= 15 is 0 Å². The Morgan fingerprint density at radius 1 is 1.20 bits per heavy atom. The molecule has 1 atom stereocenters. The summed E-state index contributed by atoms with van der Waals surface area (Å²) < 4.78 is 5.96. The van der Waals surface area contributed by atoms with Gasteiger partial charge >= 0.3 is 5.97 Å². The van der Waals surface area contributed by atoms with Gasteiger partial charge in [-0.05, 0) is 48.4 Å². The SMILES string of the molecule is Cc1cc(C(=O)O)ccc1C1CN(c2cc(-c3ccccc3O)nnc2N)CCO1. The van der Waals surface area contributed by atoms with Gasteiger partial charge in [0.1, 0.15) is 11.9 Å². The van der Waals surface area contributed by atoms with Crippen molar-refractivity contribution in [2.75, 3.05) is 30.3 Å². The fourth-order valence-corrected chi connectivity index (χ4v) is 3.69. The highest BCUT2D eigenvalue weighted by atomic mass is 16.5. The first-order valence-electron chi connectivity index (χ1n) is 9.56. The molecule has 1 unspecified atom stereocenters. The highest BCUT2D eigenvalue weighted by molar-refractivity contribution is 5.87. The molecule has 4 rings (SSSR count). The molecule has 4 N–H and O–H groups in total. The minimum Gasteiger partial charge on any atom is -0.507 e. The van der Waals surface area contributed by atoms with Crippen LogP contribution in [0.15, 0.2) is 48.5 Å². The number of nitrogen functional groups attached to an aromatic ring is 1. The molecule has 0 amide bonds. The zero-order chi connectivity index (χ0) is 21.3. The van der Waals surface area contributed by atoms with Gasteiger partial charge in [0, 0.05) is 18.7 Å². The molecule has 154 valence electrons. The predicted molar refractivity (Wildman–Crippen MR) is 113 cm³/mol. The van der Waals surface area contributed by atoms with Crippen LogP contribution in [0.5, 0.6) is 5.75 Å². The number of para-hydroxylation sites is 1. The van der Waals surface area contributed by atoms with Crippen LogP contribution in [0.2, 0.25) is 0 Å². The molecule has 0 saturated carbocycles. The highest BCUT2D eigenvalue weighted by Gasteiger charge is 2.26. The Bertz CT molecular complexity index is 1100. The third-order valence-corrected chi connectivity index (χ3v) is 5.25. The van der Waals surface area contributed by atoms with Crippen molar-refractivity contribution < 1.29 is 19.7 Å². The third-order valence-electron chi connectivity index (χ3n) is 5.25. The number of phenols is 1. The second-order valence-corrected chi connectivity index (χ2v) is 7.20. The number of carboxylic acids is 1. The number of hydrogen-bond donors (Lipinski definition) is 3. The molecule has 0 spiro atoms. The van der Waals surface area contributed by atoms with Crippen molar-refractivity contribution in [1.29, 1.82) is 0 Å². The topological polar surface area (TPSA) is 122 Å². The van der Waals surface area contributed by atoms with E-state index in [1.807, 2.05) is 19.1 Å². The standard InChI is InChI=1S/C22H22N4O4/c1-13-10-14(22(28)29)6-7-15(13)20-12-26(8-9-30-20)18-11-17(24-25-21(18)23)16-4-2-3-5-19(16)27/h2-7,10-11,20,27H,8-9,12H2,1H3,(H2,23,25)(H,28,29). The maximum Gasteiger partial charge on any atom is 0.335 e. The zero-order valence-electron chi connectivity index (χ0n) is 16.4. The van der Waals surface area contributed by atoms with Gasteiger partial charge in [-0.3, -0.25) is 0 Å². The molecular weight excluding hydrogens is 384 g/mol. The summed E-state index contributed by atoms with van der Waals surface area (Å²) in [5.74, 6) is -0.535. The molecule has 8 nitrogen and oxygen atoms in total. The number of aromatic nitrogens is 2. The Morgan fingerprint density at radius 3 is 2.73 bits per heavy atom. The lowest BCUT2D eigenvalue weighted by Gasteiger charge is -2.35. The molecule has 1 aliphatic rings. The first kappa shape index (κ1) is 19.7. The van der Waals surface area contributed by atoms with Gasteiger partial charge in [-0.25, -0.2) is 4.79 Å². The molecule has 1 saturated heterocycles. The molecule has 8 heteroatoms. The fourth-order valence-electron chi connectivity index (χ4n) is 3.69. The Morgan fingerprint density at radius 2 is 2.00 bits per heavy atom.